The minimum Gasteiger partial charge on any atom is -0.330 e. The third-order valence-corrected chi connectivity index (χ3v) is 6.17. The van der Waals surface area contributed by atoms with E-state index in [4.69, 9.17) is 0 Å². The van der Waals surface area contributed by atoms with Gasteiger partial charge in [-0.15, -0.1) is 10.2 Å². The largest absolute Gasteiger partial charge is 0.330 e. The number of aromatic nitrogens is 2. The fourth-order valence-corrected chi connectivity index (χ4v) is 4.40. The number of aryl methyl sites for hydroxylation is 3. The van der Waals surface area contributed by atoms with Crippen LogP contribution in [0.2, 0.25) is 0 Å². The van der Waals surface area contributed by atoms with E-state index in [9.17, 15) is 4.79 Å². The molecule has 0 aliphatic carbocycles. The standard InChI is InChI=1S/C20H21N3OS2/c1-12-5-8-16(9-6-12)18(24)15(4)25-20-23-22-19(26-20)21-17-10-7-13(2)14(3)11-17/h5-11,15H,1-4H3,(H,21,22)/t15-/m0/s1. The highest BCUT2D eigenvalue weighted by Crippen LogP contribution is 2.32. The second-order valence-corrected chi connectivity index (χ2v) is 8.85. The van der Waals surface area contributed by atoms with Crippen molar-refractivity contribution in [1.29, 1.82) is 0 Å². The summed E-state index contributed by atoms with van der Waals surface area (Å²) in [5.41, 5.74) is 5.35. The van der Waals surface area contributed by atoms with Crippen LogP contribution < -0.4 is 5.32 Å². The first-order chi connectivity index (χ1) is 12.4. The molecule has 4 nitrogen and oxygen atoms in total. The van der Waals surface area contributed by atoms with E-state index in [0.29, 0.717) is 0 Å². The molecule has 3 aromatic rings. The fraction of sp³-hybridized carbons (Fsp3) is 0.250. The Labute approximate surface area is 162 Å². The topological polar surface area (TPSA) is 54.9 Å². The Kier molecular flexibility index (Phi) is 5.74. The summed E-state index contributed by atoms with van der Waals surface area (Å²) < 4.78 is 0.782. The summed E-state index contributed by atoms with van der Waals surface area (Å²) in [4.78, 5) is 12.5. The molecule has 1 heterocycles. The number of nitrogens with one attached hydrogen (secondary N) is 1. The number of hydrogen-bond donors (Lipinski definition) is 1. The van der Waals surface area contributed by atoms with Gasteiger partial charge in [0.15, 0.2) is 10.1 Å². The van der Waals surface area contributed by atoms with Crippen LogP contribution in [0.3, 0.4) is 0 Å². The van der Waals surface area contributed by atoms with Gasteiger partial charge in [-0.1, -0.05) is 59.0 Å². The summed E-state index contributed by atoms with van der Waals surface area (Å²) >= 11 is 2.90. The second-order valence-electron chi connectivity index (χ2n) is 6.29. The number of carbonyl (C=O) groups excluding carboxylic acids is 1. The van der Waals surface area contributed by atoms with Gasteiger partial charge in [0.2, 0.25) is 5.13 Å². The number of ketones is 1. The molecule has 1 N–H and O–H groups in total. The van der Waals surface area contributed by atoms with Gasteiger partial charge in [0.1, 0.15) is 0 Å². The van der Waals surface area contributed by atoms with Crippen LogP contribution in [-0.2, 0) is 0 Å². The Morgan fingerprint density at radius 3 is 2.46 bits per heavy atom. The van der Waals surface area contributed by atoms with Crippen LogP contribution in [0.1, 0.15) is 34.0 Å². The maximum atomic E-state index is 12.5. The van der Waals surface area contributed by atoms with Gasteiger partial charge in [-0.3, -0.25) is 4.79 Å². The van der Waals surface area contributed by atoms with Crippen molar-refractivity contribution in [3.05, 3.63) is 64.7 Å². The van der Waals surface area contributed by atoms with Gasteiger partial charge in [-0.25, -0.2) is 0 Å². The van der Waals surface area contributed by atoms with Crippen molar-refractivity contribution in [2.45, 2.75) is 37.3 Å². The number of benzene rings is 2. The van der Waals surface area contributed by atoms with Crippen molar-refractivity contribution in [3.63, 3.8) is 0 Å². The molecule has 0 saturated heterocycles. The molecule has 0 unspecified atom stereocenters. The lowest BCUT2D eigenvalue weighted by atomic mass is 10.1. The third-order valence-electron chi connectivity index (χ3n) is 4.15. The predicted molar refractivity (Wildman–Crippen MR) is 110 cm³/mol. The molecule has 0 saturated carbocycles. The zero-order valence-electron chi connectivity index (χ0n) is 15.2. The number of nitrogens with zero attached hydrogens (tertiary/aromatic N) is 2. The average Bonchev–Trinajstić information content (AvgIpc) is 3.05. The molecule has 26 heavy (non-hydrogen) atoms. The van der Waals surface area contributed by atoms with Crippen LogP contribution in [0, 0.1) is 20.8 Å². The van der Waals surface area contributed by atoms with Crippen LogP contribution >= 0.6 is 23.1 Å². The maximum Gasteiger partial charge on any atom is 0.210 e. The smallest absolute Gasteiger partial charge is 0.210 e. The van der Waals surface area contributed by atoms with Gasteiger partial charge in [0.25, 0.3) is 0 Å². The SMILES string of the molecule is Cc1ccc(C(=O)[C@H](C)Sc2nnc(Nc3ccc(C)c(C)c3)s2)cc1. The summed E-state index contributed by atoms with van der Waals surface area (Å²) in [6, 6.07) is 13.9. The van der Waals surface area contributed by atoms with Crippen molar-refractivity contribution in [3.8, 4) is 0 Å². The molecule has 0 aliphatic rings. The lowest BCUT2D eigenvalue weighted by Gasteiger charge is -2.08. The molecule has 1 aromatic heterocycles. The predicted octanol–water partition coefficient (Wildman–Crippen LogP) is 5.57. The number of thioether (sulfide) groups is 1. The van der Waals surface area contributed by atoms with Crippen molar-refractivity contribution < 1.29 is 4.79 Å². The fourth-order valence-electron chi connectivity index (χ4n) is 2.41. The average molecular weight is 384 g/mol. The summed E-state index contributed by atoms with van der Waals surface area (Å²) in [6.07, 6.45) is 0. The zero-order chi connectivity index (χ0) is 18.7. The second kappa shape index (κ2) is 8.01. The molecule has 0 amide bonds. The molecule has 1 atom stereocenters. The number of carbonyl (C=O) groups is 1. The van der Waals surface area contributed by atoms with E-state index in [0.717, 1.165) is 26.3 Å². The quantitative estimate of drug-likeness (QED) is 0.445. The normalized spacial score (nSPS) is 12.0. The van der Waals surface area contributed by atoms with Crippen molar-refractivity contribution in [2.24, 2.45) is 0 Å². The molecule has 0 bridgehead atoms. The molecule has 0 radical (unpaired) electrons. The highest BCUT2D eigenvalue weighted by molar-refractivity contribution is 8.02. The summed E-state index contributed by atoms with van der Waals surface area (Å²) in [5.74, 6) is 0.105. The molecule has 0 fully saturated rings. The molecule has 134 valence electrons. The first kappa shape index (κ1) is 18.6. The number of rotatable bonds is 6. The Morgan fingerprint density at radius 1 is 1.04 bits per heavy atom. The minimum absolute atomic E-state index is 0.105. The van der Waals surface area contributed by atoms with Crippen molar-refractivity contribution in [1.82, 2.24) is 10.2 Å². The van der Waals surface area contributed by atoms with E-state index >= 15 is 0 Å². The van der Waals surface area contributed by atoms with Crippen LogP contribution in [-0.4, -0.2) is 21.2 Å². The van der Waals surface area contributed by atoms with E-state index in [1.54, 1.807) is 0 Å². The van der Waals surface area contributed by atoms with Crippen LogP contribution in [0.4, 0.5) is 10.8 Å². The monoisotopic (exact) mass is 383 g/mol. The molecule has 6 heteroatoms. The van der Waals surface area contributed by atoms with E-state index in [1.807, 2.05) is 44.2 Å². The van der Waals surface area contributed by atoms with Gasteiger partial charge >= 0.3 is 0 Å². The Bertz CT molecular complexity index is 919. The molecule has 3 rings (SSSR count). The van der Waals surface area contributed by atoms with Crippen molar-refractivity contribution >= 4 is 39.7 Å². The Hall–Kier alpha value is -2.18. The molecule has 2 aromatic carbocycles. The lowest BCUT2D eigenvalue weighted by molar-refractivity contribution is 0.0994. The van der Waals surface area contributed by atoms with Crippen LogP contribution in [0.15, 0.2) is 46.8 Å². The van der Waals surface area contributed by atoms with Gasteiger partial charge in [0.05, 0.1) is 5.25 Å². The number of anilines is 2. The first-order valence-corrected chi connectivity index (χ1v) is 10.1. The first-order valence-electron chi connectivity index (χ1n) is 8.37. The maximum absolute atomic E-state index is 12.5. The summed E-state index contributed by atoms with van der Waals surface area (Å²) in [7, 11) is 0. The van der Waals surface area contributed by atoms with Gasteiger partial charge in [-0.05, 0) is 51.0 Å². The van der Waals surface area contributed by atoms with Gasteiger partial charge in [-0.2, -0.15) is 0 Å². The Morgan fingerprint density at radius 2 is 1.77 bits per heavy atom. The van der Waals surface area contributed by atoms with E-state index in [-0.39, 0.29) is 11.0 Å². The highest BCUT2D eigenvalue weighted by atomic mass is 32.2. The van der Waals surface area contributed by atoms with Crippen molar-refractivity contribution in [2.75, 3.05) is 5.32 Å². The molecular weight excluding hydrogens is 362 g/mol. The van der Waals surface area contributed by atoms with Crippen LogP contribution in [0.5, 0.6) is 0 Å². The van der Waals surface area contributed by atoms with E-state index < -0.39 is 0 Å². The van der Waals surface area contributed by atoms with Gasteiger partial charge < -0.3 is 5.32 Å². The zero-order valence-corrected chi connectivity index (χ0v) is 16.9. The number of Topliss-reactive ketones (excluding diaryl/α,β-unsaturated/α-hetero) is 1. The Balaban J connectivity index is 1.64. The highest BCUT2D eigenvalue weighted by Gasteiger charge is 2.18. The number of hydrogen-bond acceptors (Lipinski definition) is 6. The summed E-state index contributed by atoms with van der Waals surface area (Å²) in [6.45, 7) is 8.09. The van der Waals surface area contributed by atoms with Gasteiger partial charge in [0, 0.05) is 11.3 Å². The minimum atomic E-state index is -0.208. The molecule has 0 aliphatic heterocycles. The van der Waals surface area contributed by atoms with Crippen LogP contribution in [0.25, 0.3) is 0 Å². The molecule has 0 spiro atoms. The van der Waals surface area contributed by atoms with E-state index in [1.165, 1.54) is 34.2 Å². The van der Waals surface area contributed by atoms with E-state index in [2.05, 4.69) is 41.5 Å². The molecular formula is C20H21N3OS2. The third kappa shape index (κ3) is 4.51. The summed E-state index contributed by atoms with van der Waals surface area (Å²) in [5, 5.41) is 12.2. The lowest BCUT2D eigenvalue weighted by Crippen LogP contribution is -2.13.